The number of hydrogen-bond donors (Lipinski definition) is 1. The molecule has 1 aromatic carbocycles. The SMILES string of the molecule is CCC[C@@H](c1cc(F)ccc1Br)N1CCNCC1.Cl. The molecule has 0 spiro atoms. The monoisotopic (exact) mass is 350 g/mol. The lowest BCUT2D eigenvalue weighted by Crippen LogP contribution is -2.45. The van der Waals surface area contributed by atoms with Crippen molar-refractivity contribution < 1.29 is 4.39 Å². The average molecular weight is 352 g/mol. The van der Waals surface area contributed by atoms with Crippen molar-refractivity contribution in [2.45, 2.75) is 25.8 Å². The quantitative estimate of drug-likeness (QED) is 0.888. The summed E-state index contributed by atoms with van der Waals surface area (Å²) in [4.78, 5) is 2.46. The Hall–Kier alpha value is -0.160. The molecule has 2 rings (SSSR count). The fourth-order valence-electron chi connectivity index (χ4n) is 2.57. The molecule has 0 unspecified atom stereocenters. The molecule has 0 saturated carbocycles. The Bertz CT molecular complexity index is 397. The second-order valence-electron chi connectivity index (χ2n) is 4.76. The average Bonchev–Trinajstić information content (AvgIpc) is 2.40. The first-order chi connectivity index (χ1) is 8.72. The maximum absolute atomic E-state index is 13.5. The summed E-state index contributed by atoms with van der Waals surface area (Å²) in [5.74, 6) is -0.149. The molecule has 5 heteroatoms. The minimum atomic E-state index is -0.149. The fraction of sp³-hybridized carbons (Fsp3) is 0.571. The molecular weight excluding hydrogens is 331 g/mol. The summed E-state index contributed by atoms with van der Waals surface area (Å²) in [6.45, 7) is 6.30. The highest BCUT2D eigenvalue weighted by atomic mass is 79.9. The Balaban J connectivity index is 0.00000180. The van der Waals surface area contributed by atoms with E-state index in [-0.39, 0.29) is 18.2 Å². The Morgan fingerprint density at radius 2 is 2.05 bits per heavy atom. The van der Waals surface area contributed by atoms with Crippen molar-refractivity contribution in [2.75, 3.05) is 26.2 Å². The van der Waals surface area contributed by atoms with Gasteiger partial charge in [0.05, 0.1) is 0 Å². The number of rotatable bonds is 4. The Kier molecular flexibility index (Phi) is 7.29. The van der Waals surface area contributed by atoms with E-state index in [2.05, 4.69) is 33.1 Å². The molecular formula is C14H21BrClFN2. The Labute approximate surface area is 129 Å². The van der Waals surface area contributed by atoms with Crippen LogP contribution in [0.4, 0.5) is 4.39 Å². The third kappa shape index (κ3) is 4.42. The molecule has 0 bridgehead atoms. The zero-order chi connectivity index (χ0) is 13.0. The van der Waals surface area contributed by atoms with Crippen LogP contribution in [0, 0.1) is 5.82 Å². The Morgan fingerprint density at radius 1 is 1.37 bits per heavy atom. The summed E-state index contributed by atoms with van der Waals surface area (Å²) in [6.07, 6.45) is 2.18. The van der Waals surface area contributed by atoms with Gasteiger partial charge in [-0.2, -0.15) is 0 Å². The van der Waals surface area contributed by atoms with Gasteiger partial charge in [0.2, 0.25) is 0 Å². The van der Waals surface area contributed by atoms with E-state index in [1.165, 1.54) is 6.07 Å². The topological polar surface area (TPSA) is 15.3 Å². The molecule has 108 valence electrons. The number of nitrogens with zero attached hydrogens (tertiary/aromatic N) is 1. The van der Waals surface area contributed by atoms with Crippen molar-refractivity contribution in [2.24, 2.45) is 0 Å². The lowest BCUT2D eigenvalue weighted by atomic mass is 10.00. The van der Waals surface area contributed by atoms with Gasteiger partial charge < -0.3 is 5.32 Å². The molecule has 1 atom stereocenters. The molecule has 0 aromatic heterocycles. The molecule has 1 fully saturated rings. The molecule has 1 aliphatic rings. The number of piperazine rings is 1. The highest BCUT2D eigenvalue weighted by molar-refractivity contribution is 9.10. The zero-order valence-electron chi connectivity index (χ0n) is 11.2. The predicted molar refractivity (Wildman–Crippen MR) is 83.4 cm³/mol. The first-order valence-electron chi connectivity index (χ1n) is 6.62. The van der Waals surface area contributed by atoms with Crippen molar-refractivity contribution in [1.29, 1.82) is 0 Å². The van der Waals surface area contributed by atoms with Gasteiger partial charge in [-0.15, -0.1) is 12.4 Å². The van der Waals surface area contributed by atoms with Gasteiger partial charge >= 0.3 is 0 Å². The minimum absolute atomic E-state index is 0. The molecule has 0 radical (unpaired) electrons. The third-order valence-electron chi connectivity index (χ3n) is 3.47. The van der Waals surface area contributed by atoms with Crippen molar-refractivity contribution in [3.05, 3.63) is 34.1 Å². The van der Waals surface area contributed by atoms with Crippen molar-refractivity contribution in [1.82, 2.24) is 10.2 Å². The summed E-state index contributed by atoms with van der Waals surface area (Å²) in [6, 6.07) is 5.32. The summed E-state index contributed by atoms with van der Waals surface area (Å²) in [5, 5.41) is 3.36. The van der Waals surface area contributed by atoms with Crippen LogP contribution in [-0.4, -0.2) is 31.1 Å². The van der Waals surface area contributed by atoms with Crippen LogP contribution in [0.25, 0.3) is 0 Å². The smallest absolute Gasteiger partial charge is 0.123 e. The van der Waals surface area contributed by atoms with E-state index in [1.807, 2.05) is 6.07 Å². The van der Waals surface area contributed by atoms with Gasteiger partial charge in [0.25, 0.3) is 0 Å². The molecule has 1 aliphatic heterocycles. The van der Waals surface area contributed by atoms with Crippen molar-refractivity contribution >= 4 is 28.3 Å². The van der Waals surface area contributed by atoms with Crippen LogP contribution in [0.3, 0.4) is 0 Å². The standard InChI is InChI=1S/C14H20BrFN2.ClH/c1-2-3-14(18-8-6-17-7-9-18)12-10-11(16)4-5-13(12)15;/h4-5,10,14,17H,2-3,6-9H2,1H3;1H/t14-;/m0./s1. The minimum Gasteiger partial charge on any atom is -0.314 e. The van der Waals surface area contributed by atoms with E-state index in [1.54, 1.807) is 6.07 Å². The summed E-state index contributed by atoms with van der Waals surface area (Å²) < 4.78 is 14.5. The number of halogens is 3. The van der Waals surface area contributed by atoms with Crippen LogP contribution in [0.5, 0.6) is 0 Å². The molecule has 1 saturated heterocycles. The third-order valence-corrected chi connectivity index (χ3v) is 4.19. The molecule has 19 heavy (non-hydrogen) atoms. The molecule has 2 nitrogen and oxygen atoms in total. The van der Waals surface area contributed by atoms with Gasteiger partial charge in [-0.1, -0.05) is 29.3 Å². The van der Waals surface area contributed by atoms with E-state index in [4.69, 9.17) is 0 Å². The first kappa shape index (κ1) is 16.9. The highest BCUT2D eigenvalue weighted by Gasteiger charge is 2.23. The maximum Gasteiger partial charge on any atom is 0.123 e. The van der Waals surface area contributed by atoms with Crippen LogP contribution in [0.15, 0.2) is 22.7 Å². The van der Waals surface area contributed by atoms with E-state index in [0.717, 1.165) is 49.1 Å². The summed E-state index contributed by atoms with van der Waals surface area (Å²) >= 11 is 3.56. The lowest BCUT2D eigenvalue weighted by Gasteiger charge is -2.35. The largest absolute Gasteiger partial charge is 0.314 e. The second kappa shape index (κ2) is 8.20. The van der Waals surface area contributed by atoms with Crippen LogP contribution in [-0.2, 0) is 0 Å². The predicted octanol–water partition coefficient (Wildman–Crippen LogP) is 3.76. The van der Waals surface area contributed by atoms with Crippen molar-refractivity contribution in [3.8, 4) is 0 Å². The van der Waals surface area contributed by atoms with Gasteiger partial charge in [-0.25, -0.2) is 4.39 Å². The van der Waals surface area contributed by atoms with Crippen molar-refractivity contribution in [3.63, 3.8) is 0 Å². The molecule has 1 heterocycles. The van der Waals surface area contributed by atoms with Gasteiger partial charge in [0, 0.05) is 36.7 Å². The van der Waals surface area contributed by atoms with E-state index in [9.17, 15) is 4.39 Å². The maximum atomic E-state index is 13.5. The second-order valence-corrected chi connectivity index (χ2v) is 5.61. The van der Waals surface area contributed by atoms with E-state index < -0.39 is 0 Å². The number of hydrogen-bond acceptors (Lipinski definition) is 2. The van der Waals surface area contributed by atoms with Crippen LogP contribution < -0.4 is 5.32 Å². The number of nitrogens with one attached hydrogen (secondary N) is 1. The number of benzene rings is 1. The van der Waals surface area contributed by atoms with Gasteiger partial charge in [0.1, 0.15) is 5.82 Å². The normalized spacial score (nSPS) is 17.8. The van der Waals surface area contributed by atoms with Gasteiger partial charge in [-0.3, -0.25) is 4.90 Å². The first-order valence-corrected chi connectivity index (χ1v) is 7.41. The van der Waals surface area contributed by atoms with Crippen LogP contribution in [0.1, 0.15) is 31.4 Å². The van der Waals surface area contributed by atoms with E-state index >= 15 is 0 Å². The van der Waals surface area contributed by atoms with E-state index in [0.29, 0.717) is 6.04 Å². The van der Waals surface area contributed by atoms with Crippen LogP contribution in [0.2, 0.25) is 0 Å². The summed E-state index contributed by atoms with van der Waals surface area (Å²) in [5.41, 5.74) is 1.08. The summed E-state index contributed by atoms with van der Waals surface area (Å²) in [7, 11) is 0. The molecule has 0 aliphatic carbocycles. The fourth-order valence-corrected chi connectivity index (χ4v) is 3.08. The molecule has 0 amide bonds. The van der Waals surface area contributed by atoms with Crippen LogP contribution >= 0.6 is 28.3 Å². The Morgan fingerprint density at radius 3 is 2.68 bits per heavy atom. The van der Waals surface area contributed by atoms with Gasteiger partial charge in [-0.05, 0) is 30.2 Å². The lowest BCUT2D eigenvalue weighted by molar-refractivity contribution is 0.164. The highest BCUT2D eigenvalue weighted by Crippen LogP contribution is 2.32. The van der Waals surface area contributed by atoms with Gasteiger partial charge in [0.15, 0.2) is 0 Å². The molecule has 1 N–H and O–H groups in total. The molecule has 1 aromatic rings. The zero-order valence-corrected chi connectivity index (χ0v) is 13.6.